The Kier molecular flexibility index (Phi) is 5.56. The average molecular weight is 334 g/mol. The van der Waals surface area contributed by atoms with Crippen molar-refractivity contribution in [2.75, 3.05) is 18.9 Å². The molecule has 1 aromatic heterocycles. The third-order valence-corrected chi connectivity index (χ3v) is 3.51. The van der Waals surface area contributed by atoms with Gasteiger partial charge in [0.2, 0.25) is 0 Å². The van der Waals surface area contributed by atoms with E-state index < -0.39 is 0 Å². The molecule has 0 radical (unpaired) electrons. The molecule has 0 atom stereocenters. The summed E-state index contributed by atoms with van der Waals surface area (Å²) in [5.74, 6) is 0.982. The van der Waals surface area contributed by atoms with Gasteiger partial charge in [0.1, 0.15) is 5.82 Å². The number of anilines is 1. The Labute approximate surface area is 129 Å². The Morgan fingerprint density at radius 2 is 2.05 bits per heavy atom. The third kappa shape index (κ3) is 4.32. The molecule has 0 unspecified atom stereocenters. The zero-order valence-electron chi connectivity index (χ0n) is 11.9. The second-order valence-corrected chi connectivity index (χ2v) is 5.76. The largest absolute Gasteiger partial charge is 0.370 e. The molecule has 0 spiro atoms. The van der Waals surface area contributed by atoms with Gasteiger partial charge in [0.25, 0.3) is 0 Å². The molecule has 1 N–H and O–H groups in total. The van der Waals surface area contributed by atoms with Gasteiger partial charge in [0.15, 0.2) is 0 Å². The van der Waals surface area contributed by atoms with E-state index in [0.717, 1.165) is 29.9 Å². The Bertz CT molecular complexity index is 557. The van der Waals surface area contributed by atoms with Crippen molar-refractivity contribution in [3.05, 3.63) is 58.2 Å². The van der Waals surface area contributed by atoms with Gasteiger partial charge < -0.3 is 5.32 Å². The Morgan fingerprint density at radius 3 is 2.80 bits per heavy atom. The van der Waals surface area contributed by atoms with Crippen molar-refractivity contribution >= 4 is 21.7 Å². The van der Waals surface area contributed by atoms with E-state index in [4.69, 9.17) is 0 Å². The monoisotopic (exact) mass is 333 g/mol. The van der Waals surface area contributed by atoms with Gasteiger partial charge in [-0.1, -0.05) is 34.1 Å². The van der Waals surface area contributed by atoms with E-state index in [0.29, 0.717) is 0 Å². The highest BCUT2D eigenvalue weighted by Gasteiger charge is 2.06. The number of nitrogens with zero attached hydrogens (tertiary/aromatic N) is 2. The van der Waals surface area contributed by atoms with Crippen LogP contribution in [0.2, 0.25) is 0 Å². The summed E-state index contributed by atoms with van der Waals surface area (Å²) in [6.45, 7) is 4.77. The van der Waals surface area contributed by atoms with Crippen molar-refractivity contribution in [3.63, 3.8) is 0 Å². The van der Waals surface area contributed by atoms with Crippen LogP contribution >= 0.6 is 15.9 Å². The molecular formula is C16H20BrN3. The van der Waals surface area contributed by atoms with Crippen LogP contribution in [0.5, 0.6) is 0 Å². The smallest absolute Gasteiger partial charge is 0.130 e. The molecular weight excluding hydrogens is 314 g/mol. The Balaban J connectivity index is 2.02. The number of aromatic nitrogens is 1. The lowest BCUT2D eigenvalue weighted by Gasteiger charge is -2.18. The van der Waals surface area contributed by atoms with Gasteiger partial charge in [-0.15, -0.1) is 0 Å². The van der Waals surface area contributed by atoms with Gasteiger partial charge in [-0.3, -0.25) is 4.90 Å². The molecule has 4 heteroatoms. The predicted octanol–water partition coefficient (Wildman–Crippen LogP) is 3.91. The Morgan fingerprint density at radius 1 is 1.20 bits per heavy atom. The zero-order valence-corrected chi connectivity index (χ0v) is 13.5. The topological polar surface area (TPSA) is 28.2 Å². The van der Waals surface area contributed by atoms with Gasteiger partial charge >= 0.3 is 0 Å². The molecule has 2 rings (SSSR count). The zero-order chi connectivity index (χ0) is 14.4. The molecule has 1 heterocycles. The van der Waals surface area contributed by atoms with Crippen LogP contribution in [0.15, 0.2) is 47.1 Å². The molecule has 20 heavy (non-hydrogen) atoms. The summed E-state index contributed by atoms with van der Waals surface area (Å²) in [6.07, 6.45) is 1.83. The van der Waals surface area contributed by atoms with E-state index in [1.165, 1.54) is 11.1 Å². The number of hydrogen-bond acceptors (Lipinski definition) is 3. The minimum atomic E-state index is 0.878. The van der Waals surface area contributed by atoms with Crippen molar-refractivity contribution in [2.45, 2.75) is 20.0 Å². The molecule has 106 valence electrons. The number of halogens is 1. The number of rotatable bonds is 6. The second kappa shape index (κ2) is 7.41. The van der Waals surface area contributed by atoms with E-state index in [2.05, 4.69) is 69.4 Å². The lowest BCUT2D eigenvalue weighted by Crippen LogP contribution is -2.18. The minimum Gasteiger partial charge on any atom is -0.370 e. The van der Waals surface area contributed by atoms with Crippen molar-refractivity contribution in [1.29, 1.82) is 0 Å². The SMILES string of the molecule is CCNc1ncccc1CN(C)Cc1cccc(Br)c1. The highest BCUT2D eigenvalue weighted by molar-refractivity contribution is 9.10. The fourth-order valence-corrected chi connectivity index (χ4v) is 2.63. The first-order chi connectivity index (χ1) is 9.69. The van der Waals surface area contributed by atoms with Crippen molar-refractivity contribution in [3.8, 4) is 0 Å². The van der Waals surface area contributed by atoms with Crippen molar-refractivity contribution in [1.82, 2.24) is 9.88 Å². The molecule has 0 amide bonds. The van der Waals surface area contributed by atoms with E-state index in [1.807, 2.05) is 18.3 Å². The molecule has 0 aliphatic carbocycles. The van der Waals surface area contributed by atoms with E-state index in [9.17, 15) is 0 Å². The number of benzene rings is 1. The predicted molar refractivity (Wildman–Crippen MR) is 87.7 cm³/mol. The number of nitrogens with one attached hydrogen (secondary N) is 1. The maximum absolute atomic E-state index is 4.40. The molecule has 2 aromatic rings. The first-order valence-corrected chi connectivity index (χ1v) is 7.59. The molecule has 0 aliphatic rings. The van der Waals surface area contributed by atoms with Crippen LogP contribution in [0.25, 0.3) is 0 Å². The number of hydrogen-bond donors (Lipinski definition) is 1. The molecule has 1 aromatic carbocycles. The van der Waals surface area contributed by atoms with Crippen molar-refractivity contribution < 1.29 is 0 Å². The number of pyridine rings is 1. The van der Waals surface area contributed by atoms with E-state index in [1.54, 1.807) is 0 Å². The third-order valence-electron chi connectivity index (χ3n) is 3.02. The van der Waals surface area contributed by atoms with Crippen LogP contribution in [0, 0.1) is 0 Å². The maximum Gasteiger partial charge on any atom is 0.130 e. The van der Waals surface area contributed by atoms with Crippen LogP contribution in [-0.4, -0.2) is 23.5 Å². The van der Waals surface area contributed by atoms with Gasteiger partial charge in [-0.25, -0.2) is 4.98 Å². The Hall–Kier alpha value is -1.39. The fraction of sp³-hybridized carbons (Fsp3) is 0.312. The van der Waals surface area contributed by atoms with Gasteiger partial charge in [0, 0.05) is 35.9 Å². The van der Waals surface area contributed by atoms with Gasteiger partial charge in [-0.05, 0) is 37.7 Å². The fourth-order valence-electron chi connectivity index (χ4n) is 2.19. The molecule has 0 fully saturated rings. The lowest BCUT2D eigenvalue weighted by molar-refractivity contribution is 0.319. The first-order valence-electron chi connectivity index (χ1n) is 6.79. The summed E-state index contributed by atoms with van der Waals surface area (Å²) in [7, 11) is 2.13. The standard InChI is InChI=1S/C16H20BrN3/c1-3-18-16-14(7-5-9-19-16)12-20(2)11-13-6-4-8-15(17)10-13/h4-10H,3,11-12H2,1-2H3,(H,18,19). The minimum absolute atomic E-state index is 0.878. The summed E-state index contributed by atoms with van der Waals surface area (Å²) < 4.78 is 1.12. The summed E-state index contributed by atoms with van der Waals surface area (Å²) in [5.41, 5.74) is 2.53. The summed E-state index contributed by atoms with van der Waals surface area (Å²) >= 11 is 3.51. The molecule has 0 saturated heterocycles. The van der Waals surface area contributed by atoms with Crippen molar-refractivity contribution in [2.24, 2.45) is 0 Å². The normalized spacial score (nSPS) is 10.8. The van der Waals surface area contributed by atoms with Crippen LogP contribution < -0.4 is 5.32 Å². The van der Waals surface area contributed by atoms with Gasteiger partial charge in [-0.2, -0.15) is 0 Å². The van der Waals surface area contributed by atoms with Crippen LogP contribution in [0.1, 0.15) is 18.1 Å². The second-order valence-electron chi connectivity index (χ2n) is 4.84. The quantitative estimate of drug-likeness (QED) is 0.868. The van der Waals surface area contributed by atoms with Crippen LogP contribution in [0.3, 0.4) is 0 Å². The molecule has 0 bridgehead atoms. The maximum atomic E-state index is 4.40. The van der Waals surface area contributed by atoms with Crippen LogP contribution in [0.4, 0.5) is 5.82 Å². The first kappa shape index (κ1) is 15.0. The molecule has 0 aliphatic heterocycles. The van der Waals surface area contributed by atoms with Crippen LogP contribution in [-0.2, 0) is 13.1 Å². The summed E-state index contributed by atoms with van der Waals surface area (Å²) in [6, 6.07) is 12.5. The molecule has 0 saturated carbocycles. The van der Waals surface area contributed by atoms with E-state index in [-0.39, 0.29) is 0 Å². The van der Waals surface area contributed by atoms with Gasteiger partial charge in [0.05, 0.1) is 0 Å². The highest BCUT2D eigenvalue weighted by atomic mass is 79.9. The summed E-state index contributed by atoms with van der Waals surface area (Å²) in [4.78, 5) is 6.69. The highest BCUT2D eigenvalue weighted by Crippen LogP contribution is 2.16. The molecule has 3 nitrogen and oxygen atoms in total. The lowest BCUT2D eigenvalue weighted by atomic mass is 10.2. The summed E-state index contributed by atoms with van der Waals surface area (Å²) in [5, 5.41) is 3.31. The van der Waals surface area contributed by atoms with E-state index >= 15 is 0 Å². The average Bonchev–Trinajstić information content (AvgIpc) is 2.41.